The highest BCUT2D eigenvalue weighted by Crippen LogP contribution is 2.50. The molecule has 0 radical (unpaired) electrons. The van der Waals surface area contributed by atoms with Gasteiger partial charge in [0.25, 0.3) is 0 Å². The van der Waals surface area contributed by atoms with E-state index in [0.29, 0.717) is 25.9 Å². The normalized spacial score (nSPS) is 28.3. The van der Waals surface area contributed by atoms with Gasteiger partial charge < -0.3 is 19.9 Å². The number of hydrogen-bond acceptors (Lipinski definition) is 4. The molecule has 1 saturated heterocycles. The summed E-state index contributed by atoms with van der Waals surface area (Å²) in [5.74, 6) is -0.846. The first-order chi connectivity index (χ1) is 9.71. The second-order valence-corrected chi connectivity index (χ2v) is 7.11. The van der Waals surface area contributed by atoms with Gasteiger partial charge in [0.05, 0.1) is 17.6 Å². The summed E-state index contributed by atoms with van der Waals surface area (Å²) in [6.07, 6.45) is 2.82. The van der Waals surface area contributed by atoms with E-state index in [9.17, 15) is 14.7 Å². The fourth-order valence-corrected chi connectivity index (χ4v) is 3.54. The molecule has 1 saturated carbocycles. The van der Waals surface area contributed by atoms with Crippen molar-refractivity contribution >= 4 is 12.1 Å². The molecular weight excluding hydrogens is 274 g/mol. The molecule has 6 heteroatoms. The third-order valence-electron chi connectivity index (χ3n) is 4.54. The molecule has 120 valence electrons. The van der Waals surface area contributed by atoms with Crippen molar-refractivity contribution in [2.24, 2.45) is 5.41 Å². The van der Waals surface area contributed by atoms with Crippen LogP contribution >= 0.6 is 0 Å². The van der Waals surface area contributed by atoms with E-state index in [-0.39, 0.29) is 6.61 Å². The van der Waals surface area contributed by atoms with Crippen molar-refractivity contribution in [3.8, 4) is 0 Å². The molecule has 1 amide bonds. The van der Waals surface area contributed by atoms with E-state index < -0.39 is 28.6 Å². The summed E-state index contributed by atoms with van der Waals surface area (Å²) in [7, 11) is 0. The number of hydrogen-bond donors (Lipinski definition) is 2. The Morgan fingerprint density at radius 2 is 1.81 bits per heavy atom. The Morgan fingerprint density at radius 3 is 2.24 bits per heavy atom. The molecule has 2 rings (SSSR count). The van der Waals surface area contributed by atoms with Crippen molar-refractivity contribution in [1.29, 1.82) is 0 Å². The topological polar surface area (TPSA) is 84.9 Å². The van der Waals surface area contributed by atoms with Gasteiger partial charge in [-0.1, -0.05) is 12.8 Å². The maximum Gasteiger partial charge on any atom is 0.408 e. The zero-order chi connectivity index (χ0) is 15.7. The van der Waals surface area contributed by atoms with Crippen LogP contribution in [0.4, 0.5) is 4.79 Å². The average molecular weight is 299 g/mol. The lowest BCUT2D eigenvalue weighted by molar-refractivity contribution is -0.154. The van der Waals surface area contributed by atoms with Gasteiger partial charge >= 0.3 is 12.1 Å². The summed E-state index contributed by atoms with van der Waals surface area (Å²) in [6, 6.07) is 0. The number of aliphatic carboxylic acids is 1. The quantitative estimate of drug-likeness (QED) is 0.835. The first-order valence-electron chi connectivity index (χ1n) is 7.53. The first-order valence-corrected chi connectivity index (χ1v) is 7.53. The van der Waals surface area contributed by atoms with Gasteiger partial charge in [0.15, 0.2) is 0 Å². The van der Waals surface area contributed by atoms with Crippen LogP contribution < -0.4 is 5.32 Å². The minimum absolute atomic E-state index is 0.235. The molecular formula is C15H25NO5. The zero-order valence-electron chi connectivity index (χ0n) is 13.0. The Balaban J connectivity index is 2.24. The van der Waals surface area contributed by atoms with Crippen molar-refractivity contribution in [3.63, 3.8) is 0 Å². The number of carbonyl (C=O) groups is 2. The van der Waals surface area contributed by atoms with Crippen molar-refractivity contribution in [2.45, 2.75) is 64.0 Å². The molecule has 0 bridgehead atoms. The minimum atomic E-state index is -0.944. The number of alkyl carbamates (subject to hydrolysis) is 1. The van der Waals surface area contributed by atoms with Crippen molar-refractivity contribution in [2.75, 3.05) is 13.2 Å². The van der Waals surface area contributed by atoms with Crippen LogP contribution in [0.25, 0.3) is 0 Å². The van der Waals surface area contributed by atoms with E-state index in [2.05, 4.69) is 5.32 Å². The summed E-state index contributed by atoms with van der Waals surface area (Å²) in [5.41, 5.74) is -2.42. The fourth-order valence-electron chi connectivity index (χ4n) is 3.54. The molecule has 0 aromatic rings. The number of carbonyl (C=O) groups excluding carboxylic acids is 1. The standard InChI is InChI=1S/C15H25NO5/c1-13(2,3)21-12(19)16-15(8-9-20-10-15)14(11(17)18)6-4-5-7-14/h4-10H2,1-3H3,(H,16,19)(H,17,18). The molecule has 6 nitrogen and oxygen atoms in total. The number of ether oxygens (including phenoxy) is 2. The summed E-state index contributed by atoms with van der Waals surface area (Å²) < 4.78 is 10.8. The molecule has 2 N–H and O–H groups in total. The number of amides is 1. The largest absolute Gasteiger partial charge is 0.481 e. The maximum atomic E-state index is 12.2. The van der Waals surface area contributed by atoms with Crippen LogP contribution in [0.2, 0.25) is 0 Å². The van der Waals surface area contributed by atoms with E-state index in [1.165, 1.54) is 0 Å². The van der Waals surface area contributed by atoms with E-state index in [0.717, 1.165) is 12.8 Å². The predicted molar refractivity (Wildman–Crippen MR) is 76.1 cm³/mol. The smallest absolute Gasteiger partial charge is 0.408 e. The summed E-state index contributed by atoms with van der Waals surface area (Å²) in [4.78, 5) is 24.1. The molecule has 2 aliphatic rings. The van der Waals surface area contributed by atoms with Crippen LogP contribution in [-0.4, -0.2) is 41.5 Å². The Kier molecular flexibility index (Phi) is 4.19. The highest BCUT2D eigenvalue weighted by atomic mass is 16.6. The average Bonchev–Trinajstić information content (AvgIpc) is 2.94. The van der Waals surface area contributed by atoms with E-state index in [1.807, 2.05) is 0 Å². The fraction of sp³-hybridized carbons (Fsp3) is 0.867. The van der Waals surface area contributed by atoms with Crippen molar-refractivity contribution < 1.29 is 24.2 Å². The van der Waals surface area contributed by atoms with Crippen LogP contribution in [-0.2, 0) is 14.3 Å². The van der Waals surface area contributed by atoms with Gasteiger partial charge in [0.1, 0.15) is 5.60 Å². The SMILES string of the molecule is CC(C)(C)OC(=O)NC1(C2(C(=O)O)CCCC2)CCOC1. The second kappa shape index (κ2) is 5.48. The molecule has 1 heterocycles. The number of rotatable bonds is 3. The third kappa shape index (κ3) is 3.00. The first kappa shape index (κ1) is 16.1. The molecule has 2 fully saturated rings. The van der Waals surface area contributed by atoms with Crippen LogP contribution in [0.1, 0.15) is 52.9 Å². The van der Waals surface area contributed by atoms with Gasteiger partial charge in [-0.05, 0) is 40.0 Å². The number of nitrogens with one attached hydrogen (secondary N) is 1. The summed E-state index contributed by atoms with van der Waals surface area (Å²) >= 11 is 0. The summed E-state index contributed by atoms with van der Waals surface area (Å²) in [6.45, 7) is 6.05. The van der Waals surface area contributed by atoms with E-state index in [4.69, 9.17) is 9.47 Å². The van der Waals surface area contributed by atoms with Gasteiger partial charge in [0, 0.05) is 6.61 Å². The van der Waals surface area contributed by atoms with Crippen LogP contribution in [0.15, 0.2) is 0 Å². The van der Waals surface area contributed by atoms with Gasteiger partial charge in [-0.2, -0.15) is 0 Å². The Labute approximate surface area is 125 Å². The van der Waals surface area contributed by atoms with Crippen LogP contribution in [0.3, 0.4) is 0 Å². The van der Waals surface area contributed by atoms with Gasteiger partial charge in [-0.15, -0.1) is 0 Å². The molecule has 21 heavy (non-hydrogen) atoms. The second-order valence-electron chi connectivity index (χ2n) is 7.11. The van der Waals surface area contributed by atoms with Crippen molar-refractivity contribution in [3.05, 3.63) is 0 Å². The number of carboxylic acid groups (broad SMARTS) is 1. The van der Waals surface area contributed by atoms with Crippen LogP contribution in [0.5, 0.6) is 0 Å². The van der Waals surface area contributed by atoms with Crippen molar-refractivity contribution in [1.82, 2.24) is 5.32 Å². The van der Waals surface area contributed by atoms with Gasteiger partial charge in [-0.25, -0.2) is 4.79 Å². The predicted octanol–water partition coefficient (Wildman–Crippen LogP) is 2.32. The highest BCUT2D eigenvalue weighted by molar-refractivity contribution is 5.79. The van der Waals surface area contributed by atoms with E-state index >= 15 is 0 Å². The van der Waals surface area contributed by atoms with E-state index in [1.54, 1.807) is 20.8 Å². The molecule has 1 aliphatic heterocycles. The molecule has 0 aromatic carbocycles. The minimum Gasteiger partial charge on any atom is -0.481 e. The molecule has 0 aromatic heterocycles. The Morgan fingerprint density at radius 1 is 1.19 bits per heavy atom. The molecule has 1 atom stereocenters. The molecule has 0 spiro atoms. The van der Waals surface area contributed by atoms with Gasteiger partial charge in [0.2, 0.25) is 0 Å². The lowest BCUT2D eigenvalue weighted by atomic mass is 9.67. The Bertz CT molecular complexity index is 414. The summed E-state index contributed by atoms with van der Waals surface area (Å²) in [5, 5.41) is 12.6. The third-order valence-corrected chi connectivity index (χ3v) is 4.54. The zero-order valence-corrected chi connectivity index (χ0v) is 13.0. The molecule has 1 unspecified atom stereocenters. The molecule has 1 aliphatic carbocycles. The maximum absolute atomic E-state index is 12.2. The lowest BCUT2D eigenvalue weighted by Gasteiger charge is -2.43. The lowest BCUT2D eigenvalue weighted by Crippen LogP contribution is -2.63. The van der Waals surface area contributed by atoms with Gasteiger partial charge in [-0.3, -0.25) is 4.79 Å². The Hall–Kier alpha value is -1.30. The number of carboxylic acids is 1. The van der Waals surface area contributed by atoms with Crippen LogP contribution in [0, 0.1) is 5.41 Å². The monoisotopic (exact) mass is 299 g/mol. The highest BCUT2D eigenvalue weighted by Gasteiger charge is 2.60.